The van der Waals surface area contributed by atoms with Crippen molar-refractivity contribution in [3.8, 4) is 0 Å². The lowest BCUT2D eigenvalue weighted by atomic mass is 9.86. The molecule has 0 aliphatic rings. The van der Waals surface area contributed by atoms with Gasteiger partial charge in [-0.1, -0.05) is 69.3 Å². The van der Waals surface area contributed by atoms with E-state index in [2.05, 4.69) is 65.4 Å². The minimum Gasteiger partial charge on any atom is -0.356 e. The van der Waals surface area contributed by atoms with Gasteiger partial charge in [-0.3, -0.25) is 4.99 Å². The molecule has 2 rings (SSSR count). The van der Waals surface area contributed by atoms with Crippen LogP contribution in [-0.2, 0) is 34.2 Å². The summed E-state index contributed by atoms with van der Waals surface area (Å²) in [6, 6.07) is 16.3. The number of rotatable bonds is 8. The fourth-order valence-corrected chi connectivity index (χ4v) is 3.79. The van der Waals surface area contributed by atoms with Crippen LogP contribution < -0.4 is 15.4 Å². The fraction of sp³-hybridized carbons (Fsp3) is 0.435. The van der Waals surface area contributed by atoms with Crippen LogP contribution in [0, 0.1) is 0 Å². The minimum absolute atomic E-state index is 0.0294. The summed E-state index contributed by atoms with van der Waals surface area (Å²) in [5, 5.41) is 6.61. The zero-order valence-electron chi connectivity index (χ0n) is 18.6. The molecule has 2 aromatic rings. The molecule has 3 N–H and O–H groups in total. The zero-order valence-corrected chi connectivity index (χ0v) is 19.4. The lowest BCUT2D eigenvalue weighted by Crippen LogP contribution is -2.37. The summed E-state index contributed by atoms with van der Waals surface area (Å²) in [5.41, 5.74) is 4.53. The Balaban J connectivity index is 1.84. The van der Waals surface area contributed by atoms with Crippen molar-refractivity contribution in [2.45, 2.75) is 44.9 Å². The van der Waals surface area contributed by atoms with Crippen LogP contribution in [-0.4, -0.2) is 35.0 Å². The number of sulfonamides is 1. The smallest absolute Gasteiger partial charge is 0.215 e. The molecule has 0 radical (unpaired) electrons. The van der Waals surface area contributed by atoms with E-state index in [1.807, 2.05) is 24.3 Å². The third-order valence-corrected chi connectivity index (χ3v) is 6.20. The maximum absolute atomic E-state index is 11.7. The Morgan fingerprint density at radius 2 is 1.63 bits per heavy atom. The molecular formula is C23H34N4O2S. The van der Waals surface area contributed by atoms with Crippen LogP contribution in [0.4, 0.5) is 0 Å². The second-order valence-corrected chi connectivity index (χ2v) is 10.3. The molecule has 0 unspecified atom stereocenters. The molecule has 0 amide bonds. The first kappa shape index (κ1) is 23.9. The Kier molecular flexibility index (Phi) is 8.43. The molecule has 0 fully saturated rings. The van der Waals surface area contributed by atoms with Crippen LogP contribution in [0.2, 0.25) is 0 Å². The molecule has 0 atom stereocenters. The molecule has 0 aromatic heterocycles. The minimum atomic E-state index is -3.28. The molecule has 0 spiro atoms. The number of hydrogen-bond acceptors (Lipinski definition) is 3. The molecule has 0 saturated heterocycles. The third-order valence-electron chi connectivity index (χ3n) is 4.87. The van der Waals surface area contributed by atoms with E-state index >= 15 is 0 Å². The average Bonchev–Trinajstić information content (AvgIpc) is 2.70. The Labute approximate surface area is 181 Å². The molecule has 0 aliphatic carbocycles. The zero-order chi connectivity index (χ0) is 22.2. The monoisotopic (exact) mass is 430 g/mol. The third kappa shape index (κ3) is 7.80. The van der Waals surface area contributed by atoms with Crippen molar-refractivity contribution in [1.82, 2.24) is 15.4 Å². The summed E-state index contributed by atoms with van der Waals surface area (Å²) < 4.78 is 25.8. The van der Waals surface area contributed by atoms with Crippen LogP contribution in [0.15, 0.2) is 53.5 Å². The number of guanidine groups is 1. The summed E-state index contributed by atoms with van der Waals surface area (Å²) in [5.74, 6) is 0.688. The van der Waals surface area contributed by atoms with Crippen molar-refractivity contribution in [2.24, 2.45) is 4.99 Å². The van der Waals surface area contributed by atoms with Gasteiger partial charge in [-0.05, 0) is 41.1 Å². The van der Waals surface area contributed by atoms with E-state index in [1.54, 1.807) is 7.05 Å². The van der Waals surface area contributed by atoms with E-state index in [1.165, 1.54) is 18.2 Å². The predicted octanol–water partition coefficient (Wildman–Crippen LogP) is 2.94. The molecule has 7 heteroatoms. The number of nitrogens with zero attached hydrogens (tertiary/aromatic N) is 1. The second kappa shape index (κ2) is 10.6. The standard InChI is InChI=1S/C23H34N4O2S/c1-23(2,3)21-11-9-18(10-12-21)13-14-26-22(24-4)27-16-19-7-6-8-20(15-19)17-30(28,29)25-5/h6-12,15,25H,13-14,16-17H2,1-5H3,(H2,24,26,27). The van der Waals surface area contributed by atoms with Gasteiger partial charge in [0.05, 0.1) is 5.75 Å². The van der Waals surface area contributed by atoms with E-state index in [0.717, 1.165) is 30.1 Å². The van der Waals surface area contributed by atoms with Crippen LogP contribution in [0.5, 0.6) is 0 Å². The number of benzene rings is 2. The van der Waals surface area contributed by atoms with Gasteiger partial charge in [-0.25, -0.2) is 13.1 Å². The highest BCUT2D eigenvalue weighted by molar-refractivity contribution is 7.88. The van der Waals surface area contributed by atoms with Gasteiger partial charge in [0.2, 0.25) is 10.0 Å². The van der Waals surface area contributed by atoms with E-state index < -0.39 is 10.0 Å². The molecule has 0 bridgehead atoms. The van der Waals surface area contributed by atoms with Crippen molar-refractivity contribution in [1.29, 1.82) is 0 Å². The Hall–Kier alpha value is -2.38. The van der Waals surface area contributed by atoms with Crippen molar-refractivity contribution >= 4 is 16.0 Å². The van der Waals surface area contributed by atoms with E-state index in [9.17, 15) is 8.42 Å². The molecule has 0 aliphatic heterocycles. The SMILES string of the molecule is CN=C(NCCc1ccc(C(C)(C)C)cc1)NCc1cccc(CS(=O)(=O)NC)c1. The first-order valence-corrected chi connectivity index (χ1v) is 11.8. The van der Waals surface area contributed by atoms with Gasteiger partial charge < -0.3 is 10.6 Å². The average molecular weight is 431 g/mol. The number of aliphatic imine (C=N–C) groups is 1. The molecule has 6 nitrogen and oxygen atoms in total. The fourth-order valence-electron chi connectivity index (χ4n) is 3.02. The summed E-state index contributed by atoms with van der Waals surface area (Å²) >= 11 is 0. The van der Waals surface area contributed by atoms with Crippen LogP contribution >= 0.6 is 0 Å². The highest BCUT2D eigenvalue weighted by atomic mass is 32.2. The number of nitrogens with one attached hydrogen (secondary N) is 3. The lowest BCUT2D eigenvalue weighted by molar-refractivity contribution is 0.587. The lowest BCUT2D eigenvalue weighted by Gasteiger charge is -2.19. The van der Waals surface area contributed by atoms with E-state index in [0.29, 0.717) is 6.54 Å². The molecule has 30 heavy (non-hydrogen) atoms. The summed E-state index contributed by atoms with van der Waals surface area (Å²) in [4.78, 5) is 4.26. The maximum Gasteiger partial charge on any atom is 0.215 e. The normalized spacial score (nSPS) is 12.6. The van der Waals surface area contributed by atoms with Gasteiger partial charge in [0.25, 0.3) is 0 Å². The first-order valence-electron chi connectivity index (χ1n) is 10.2. The Bertz CT molecular complexity index is 946. The van der Waals surface area contributed by atoms with Crippen molar-refractivity contribution < 1.29 is 8.42 Å². The van der Waals surface area contributed by atoms with Crippen LogP contribution in [0.3, 0.4) is 0 Å². The summed E-state index contributed by atoms with van der Waals surface area (Å²) in [7, 11) is -0.116. The van der Waals surface area contributed by atoms with Gasteiger partial charge in [0.15, 0.2) is 5.96 Å². The first-order chi connectivity index (χ1) is 14.1. The molecular weight excluding hydrogens is 396 g/mol. The highest BCUT2D eigenvalue weighted by Gasteiger charge is 2.12. The van der Waals surface area contributed by atoms with Crippen molar-refractivity contribution in [3.63, 3.8) is 0 Å². The molecule has 0 heterocycles. The van der Waals surface area contributed by atoms with Crippen LogP contribution in [0.1, 0.15) is 43.0 Å². The summed E-state index contributed by atoms with van der Waals surface area (Å²) in [6.45, 7) is 7.99. The highest BCUT2D eigenvalue weighted by Crippen LogP contribution is 2.22. The Morgan fingerprint density at radius 3 is 2.23 bits per heavy atom. The summed E-state index contributed by atoms with van der Waals surface area (Å²) in [6.07, 6.45) is 0.905. The van der Waals surface area contributed by atoms with Crippen molar-refractivity contribution in [3.05, 3.63) is 70.8 Å². The largest absolute Gasteiger partial charge is 0.356 e. The van der Waals surface area contributed by atoms with Gasteiger partial charge in [-0.2, -0.15) is 0 Å². The maximum atomic E-state index is 11.7. The topological polar surface area (TPSA) is 82.6 Å². The van der Waals surface area contributed by atoms with Gasteiger partial charge >= 0.3 is 0 Å². The second-order valence-electron chi connectivity index (χ2n) is 8.33. The number of hydrogen-bond donors (Lipinski definition) is 3. The Morgan fingerprint density at radius 1 is 0.967 bits per heavy atom. The quantitative estimate of drug-likeness (QED) is 0.444. The van der Waals surface area contributed by atoms with Gasteiger partial charge in [-0.15, -0.1) is 0 Å². The van der Waals surface area contributed by atoms with Gasteiger partial charge in [0.1, 0.15) is 0 Å². The van der Waals surface area contributed by atoms with Crippen LogP contribution in [0.25, 0.3) is 0 Å². The van der Waals surface area contributed by atoms with Crippen molar-refractivity contribution in [2.75, 3.05) is 20.6 Å². The molecule has 164 valence electrons. The van der Waals surface area contributed by atoms with E-state index in [-0.39, 0.29) is 11.2 Å². The van der Waals surface area contributed by atoms with E-state index in [4.69, 9.17) is 0 Å². The molecule has 2 aromatic carbocycles. The predicted molar refractivity (Wildman–Crippen MR) is 125 cm³/mol. The van der Waals surface area contributed by atoms with Gasteiger partial charge in [0, 0.05) is 20.1 Å². The molecule has 0 saturated carbocycles.